The fourth-order valence-corrected chi connectivity index (χ4v) is 2.71. The van der Waals surface area contributed by atoms with Crippen LogP contribution >= 0.6 is 0 Å². The van der Waals surface area contributed by atoms with Gasteiger partial charge in [0.1, 0.15) is 17.7 Å². The van der Waals surface area contributed by atoms with Crippen LogP contribution in [0.25, 0.3) is 0 Å². The largest absolute Gasteiger partial charge is 0.367 e. The lowest BCUT2D eigenvalue weighted by molar-refractivity contribution is -0.124. The first-order valence-corrected chi connectivity index (χ1v) is 7.94. The van der Waals surface area contributed by atoms with E-state index in [0.717, 1.165) is 22.8 Å². The highest BCUT2D eigenvalue weighted by atomic mass is 16.5. The topological polar surface area (TPSA) is 109 Å². The third-order valence-electron chi connectivity index (χ3n) is 4.06. The predicted molar refractivity (Wildman–Crippen MR) is 84.1 cm³/mol. The van der Waals surface area contributed by atoms with Crippen molar-refractivity contribution in [1.29, 1.82) is 0 Å². The van der Waals surface area contributed by atoms with Gasteiger partial charge in [0.15, 0.2) is 5.82 Å². The average Bonchev–Trinajstić information content (AvgIpc) is 3.12. The van der Waals surface area contributed by atoms with E-state index >= 15 is 0 Å². The van der Waals surface area contributed by atoms with Crippen molar-refractivity contribution in [3.8, 4) is 0 Å². The Balaban J connectivity index is 1.51. The van der Waals surface area contributed by atoms with Crippen molar-refractivity contribution in [3.63, 3.8) is 0 Å². The van der Waals surface area contributed by atoms with Crippen molar-refractivity contribution >= 4 is 5.91 Å². The van der Waals surface area contributed by atoms with Crippen LogP contribution in [0, 0.1) is 20.8 Å². The molecule has 2 aromatic rings. The fourth-order valence-electron chi connectivity index (χ4n) is 2.71. The van der Waals surface area contributed by atoms with Crippen LogP contribution in [0.15, 0.2) is 4.52 Å². The molecule has 1 atom stereocenters. The van der Waals surface area contributed by atoms with Gasteiger partial charge in [-0.3, -0.25) is 14.8 Å². The van der Waals surface area contributed by atoms with Crippen LogP contribution in [0.5, 0.6) is 0 Å². The maximum Gasteiger partial charge on any atom is 0.234 e. The Hall–Kier alpha value is -2.26. The molecule has 0 aliphatic carbocycles. The summed E-state index contributed by atoms with van der Waals surface area (Å²) >= 11 is 0. The van der Waals surface area contributed by atoms with Gasteiger partial charge in [0, 0.05) is 25.2 Å². The Morgan fingerprint density at radius 3 is 2.92 bits per heavy atom. The van der Waals surface area contributed by atoms with Crippen molar-refractivity contribution in [3.05, 3.63) is 28.7 Å². The Bertz CT molecular complexity index is 690. The number of hydrogen-bond donors (Lipinski definition) is 2. The van der Waals surface area contributed by atoms with E-state index in [9.17, 15) is 4.79 Å². The molecule has 24 heavy (non-hydrogen) atoms. The van der Waals surface area contributed by atoms with Crippen LogP contribution in [0.1, 0.15) is 34.8 Å². The lowest BCUT2D eigenvalue weighted by atomic mass is 10.2. The minimum Gasteiger partial charge on any atom is -0.367 e. The van der Waals surface area contributed by atoms with Crippen LogP contribution in [0.3, 0.4) is 0 Å². The number of ether oxygens (including phenoxy) is 1. The molecule has 9 nitrogen and oxygen atoms in total. The molecule has 1 amide bonds. The van der Waals surface area contributed by atoms with Crippen molar-refractivity contribution in [2.75, 3.05) is 26.2 Å². The predicted octanol–water partition coefficient (Wildman–Crippen LogP) is 0.408. The Morgan fingerprint density at radius 2 is 2.25 bits per heavy atom. The number of morpholine rings is 1. The summed E-state index contributed by atoms with van der Waals surface area (Å²) in [5.41, 5.74) is 1.73. The van der Waals surface area contributed by atoms with Gasteiger partial charge in [0.2, 0.25) is 5.91 Å². The van der Waals surface area contributed by atoms with Crippen LogP contribution in [0.2, 0.25) is 0 Å². The quantitative estimate of drug-likeness (QED) is 0.815. The minimum atomic E-state index is -0.209. The van der Waals surface area contributed by atoms with E-state index in [0.29, 0.717) is 38.6 Å². The highest BCUT2D eigenvalue weighted by Gasteiger charge is 2.26. The van der Waals surface area contributed by atoms with Gasteiger partial charge in [0.25, 0.3) is 0 Å². The summed E-state index contributed by atoms with van der Waals surface area (Å²) in [5.74, 6) is 2.08. The molecule has 130 valence electrons. The van der Waals surface area contributed by atoms with Gasteiger partial charge in [0.05, 0.1) is 18.8 Å². The molecule has 1 aliphatic rings. The first kappa shape index (κ1) is 16.6. The number of aromatic nitrogens is 4. The lowest BCUT2D eigenvalue weighted by Crippen LogP contribution is -2.44. The highest BCUT2D eigenvalue weighted by Crippen LogP contribution is 2.18. The second kappa shape index (κ2) is 7.10. The number of carbonyl (C=O) groups excluding carboxylic acids is 1. The Kier molecular flexibility index (Phi) is 4.91. The van der Waals surface area contributed by atoms with Crippen molar-refractivity contribution in [2.24, 2.45) is 0 Å². The number of amides is 1. The molecule has 0 spiro atoms. The molecule has 3 heterocycles. The zero-order valence-corrected chi connectivity index (χ0v) is 14.1. The summed E-state index contributed by atoms with van der Waals surface area (Å²) in [5, 5.41) is 13.8. The number of H-pyrrole nitrogens is 1. The molecule has 2 N–H and O–H groups in total. The number of hydrogen-bond acceptors (Lipinski definition) is 7. The molecule has 3 rings (SSSR count). The highest BCUT2D eigenvalue weighted by molar-refractivity contribution is 5.78. The second-order valence-electron chi connectivity index (χ2n) is 5.95. The molecular weight excluding hydrogens is 312 g/mol. The summed E-state index contributed by atoms with van der Waals surface area (Å²) in [7, 11) is 0. The maximum absolute atomic E-state index is 12.2. The van der Waals surface area contributed by atoms with Gasteiger partial charge in [-0.2, -0.15) is 5.10 Å². The smallest absolute Gasteiger partial charge is 0.234 e. The van der Waals surface area contributed by atoms with E-state index in [1.54, 1.807) is 0 Å². The van der Waals surface area contributed by atoms with E-state index in [4.69, 9.17) is 9.26 Å². The van der Waals surface area contributed by atoms with E-state index in [-0.39, 0.29) is 12.0 Å². The van der Waals surface area contributed by atoms with E-state index in [2.05, 4.69) is 25.7 Å². The van der Waals surface area contributed by atoms with E-state index in [1.165, 1.54) is 0 Å². The molecule has 0 saturated carbocycles. The SMILES string of the molecule is Cc1nc(C2CN(CC(=O)NCc3c(C)noc3C)CCO2)n[nH]1. The number of nitrogens with one attached hydrogen (secondary N) is 2. The number of aryl methyl sites for hydroxylation is 3. The minimum absolute atomic E-state index is 0.0400. The Morgan fingerprint density at radius 1 is 1.42 bits per heavy atom. The van der Waals surface area contributed by atoms with Gasteiger partial charge < -0.3 is 14.6 Å². The summed E-state index contributed by atoms with van der Waals surface area (Å²) in [6.07, 6.45) is -0.209. The van der Waals surface area contributed by atoms with Crippen molar-refractivity contribution in [1.82, 2.24) is 30.6 Å². The van der Waals surface area contributed by atoms with Crippen molar-refractivity contribution in [2.45, 2.75) is 33.4 Å². The summed E-state index contributed by atoms with van der Waals surface area (Å²) in [4.78, 5) is 18.5. The van der Waals surface area contributed by atoms with Gasteiger partial charge in [-0.05, 0) is 20.8 Å². The molecule has 1 fully saturated rings. The van der Waals surface area contributed by atoms with Gasteiger partial charge in [-0.15, -0.1) is 0 Å². The zero-order chi connectivity index (χ0) is 17.1. The van der Waals surface area contributed by atoms with Crippen LogP contribution in [-0.2, 0) is 16.1 Å². The second-order valence-corrected chi connectivity index (χ2v) is 5.95. The number of nitrogens with zero attached hydrogens (tertiary/aromatic N) is 4. The van der Waals surface area contributed by atoms with E-state index in [1.807, 2.05) is 25.7 Å². The molecule has 0 radical (unpaired) electrons. The van der Waals surface area contributed by atoms with Gasteiger partial charge in [-0.1, -0.05) is 5.16 Å². The fraction of sp³-hybridized carbons (Fsp3) is 0.600. The average molecular weight is 334 g/mol. The summed E-state index contributed by atoms with van der Waals surface area (Å²) < 4.78 is 10.8. The molecule has 0 bridgehead atoms. The summed E-state index contributed by atoms with van der Waals surface area (Å²) in [6.45, 7) is 8.14. The Labute approximate surface area is 139 Å². The number of carbonyl (C=O) groups is 1. The van der Waals surface area contributed by atoms with Crippen LogP contribution < -0.4 is 5.32 Å². The third kappa shape index (κ3) is 3.80. The van der Waals surface area contributed by atoms with Gasteiger partial charge >= 0.3 is 0 Å². The first-order valence-electron chi connectivity index (χ1n) is 7.94. The molecule has 0 aromatic carbocycles. The first-order chi connectivity index (χ1) is 11.5. The monoisotopic (exact) mass is 334 g/mol. The lowest BCUT2D eigenvalue weighted by Gasteiger charge is -2.30. The van der Waals surface area contributed by atoms with Crippen LogP contribution in [0.4, 0.5) is 0 Å². The van der Waals surface area contributed by atoms with Gasteiger partial charge in [-0.25, -0.2) is 4.98 Å². The number of rotatable bonds is 5. The molecule has 9 heteroatoms. The molecular formula is C15H22N6O3. The van der Waals surface area contributed by atoms with E-state index < -0.39 is 0 Å². The molecule has 1 saturated heterocycles. The molecule has 2 aromatic heterocycles. The molecule has 1 unspecified atom stereocenters. The van der Waals surface area contributed by atoms with Crippen LogP contribution in [-0.4, -0.2) is 57.4 Å². The zero-order valence-electron chi connectivity index (χ0n) is 14.1. The third-order valence-corrected chi connectivity index (χ3v) is 4.06. The summed E-state index contributed by atoms with van der Waals surface area (Å²) in [6, 6.07) is 0. The van der Waals surface area contributed by atoms with Crippen molar-refractivity contribution < 1.29 is 14.1 Å². The maximum atomic E-state index is 12.2. The number of aromatic amines is 1. The molecule has 1 aliphatic heterocycles. The standard InChI is InChI=1S/C15H22N6O3/c1-9-12(10(2)24-20-9)6-16-14(22)8-21-4-5-23-13(7-21)15-17-11(3)18-19-15/h13H,4-8H2,1-3H3,(H,16,22)(H,17,18,19). The normalized spacial score (nSPS) is 18.7.